The molecule has 1 aromatic heterocycles. The van der Waals surface area contributed by atoms with E-state index in [1.807, 2.05) is 61.5 Å². The number of nitrogens with zero attached hydrogens (tertiary/aromatic N) is 1. The minimum atomic E-state index is -0.375. The summed E-state index contributed by atoms with van der Waals surface area (Å²) in [7, 11) is 0. The zero-order chi connectivity index (χ0) is 18.4. The second kappa shape index (κ2) is 8.11. The Hall–Kier alpha value is -3.41. The second-order valence-corrected chi connectivity index (χ2v) is 5.94. The fourth-order valence-corrected chi connectivity index (χ4v) is 2.70. The molecule has 132 valence electrons. The number of hydrogen-bond acceptors (Lipinski definition) is 3. The molecule has 0 radical (unpaired) electrons. The number of para-hydroxylation sites is 1. The first-order valence-corrected chi connectivity index (χ1v) is 8.33. The van der Waals surface area contributed by atoms with Crippen LogP contribution in [0, 0.1) is 6.92 Å². The monoisotopic (exact) mass is 348 g/mol. The molecular formula is C20H20N4O2. The van der Waals surface area contributed by atoms with Gasteiger partial charge >= 0.3 is 0 Å². The standard InChI is InChI=1S/C20H20N4O2/c1-14-17(16-9-5-6-10-18(16)23-14)12-22-24-20(26)13-21-19(25)11-15-7-3-2-4-8-15/h2-10,12,23H,11,13H2,1H3,(H,21,25)(H,24,26)/b22-12-. The molecule has 0 aliphatic heterocycles. The summed E-state index contributed by atoms with van der Waals surface area (Å²) in [4.78, 5) is 26.9. The third kappa shape index (κ3) is 4.36. The highest BCUT2D eigenvalue weighted by Gasteiger charge is 2.07. The van der Waals surface area contributed by atoms with Crippen molar-refractivity contribution in [3.8, 4) is 0 Å². The Morgan fingerprint density at radius 2 is 1.77 bits per heavy atom. The van der Waals surface area contributed by atoms with Crippen LogP contribution in [0.5, 0.6) is 0 Å². The first kappa shape index (κ1) is 17.4. The van der Waals surface area contributed by atoms with E-state index < -0.39 is 0 Å². The zero-order valence-corrected chi connectivity index (χ0v) is 14.5. The second-order valence-electron chi connectivity index (χ2n) is 5.94. The molecule has 6 heteroatoms. The number of H-pyrrole nitrogens is 1. The van der Waals surface area contributed by atoms with Gasteiger partial charge in [-0.3, -0.25) is 9.59 Å². The number of aromatic nitrogens is 1. The average Bonchev–Trinajstić information content (AvgIpc) is 2.96. The number of carbonyl (C=O) groups excluding carboxylic acids is 2. The van der Waals surface area contributed by atoms with E-state index in [4.69, 9.17) is 0 Å². The maximum atomic E-state index is 11.8. The van der Waals surface area contributed by atoms with E-state index in [9.17, 15) is 9.59 Å². The molecule has 0 bridgehead atoms. The lowest BCUT2D eigenvalue weighted by Crippen LogP contribution is -2.35. The summed E-state index contributed by atoms with van der Waals surface area (Å²) >= 11 is 0. The Labute approximate surface area is 151 Å². The van der Waals surface area contributed by atoms with Gasteiger partial charge in [0.25, 0.3) is 5.91 Å². The van der Waals surface area contributed by atoms with Gasteiger partial charge in [-0.15, -0.1) is 0 Å². The molecule has 0 saturated heterocycles. The number of fused-ring (bicyclic) bond motifs is 1. The van der Waals surface area contributed by atoms with Crippen LogP contribution in [-0.4, -0.2) is 29.6 Å². The van der Waals surface area contributed by atoms with Crippen LogP contribution in [0.2, 0.25) is 0 Å². The minimum absolute atomic E-state index is 0.115. The molecule has 3 rings (SSSR count). The Balaban J connectivity index is 1.50. The molecule has 26 heavy (non-hydrogen) atoms. The zero-order valence-electron chi connectivity index (χ0n) is 14.5. The highest BCUT2D eigenvalue weighted by Crippen LogP contribution is 2.19. The number of benzene rings is 2. The third-order valence-electron chi connectivity index (χ3n) is 3.98. The van der Waals surface area contributed by atoms with Crippen molar-refractivity contribution < 1.29 is 9.59 Å². The molecule has 6 nitrogen and oxygen atoms in total. The number of nitrogens with one attached hydrogen (secondary N) is 3. The molecule has 0 fully saturated rings. The van der Waals surface area contributed by atoms with E-state index in [1.54, 1.807) is 6.21 Å². The smallest absolute Gasteiger partial charge is 0.259 e. The fourth-order valence-electron chi connectivity index (χ4n) is 2.70. The molecule has 0 atom stereocenters. The highest BCUT2D eigenvalue weighted by atomic mass is 16.2. The van der Waals surface area contributed by atoms with E-state index in [0.29, 0.717) is 0 Å². The minimum Gasteiger partial charge on any atom is -0.358 e. The van der Waals surface area contributed by atoms with Gasteiger partial charge < -0.3 is 10.3 Å². The average molecular weight is 348 g/mol. The van der Waals surface area contributed by atoms with Crippen molar-refractivity contribution in [2.24, 2.45) is 5.10 Å². The van der Waals surface area contributed by atoms with Crippen molar-refractivity contribution in [3.63, 3.8) is 0 Å². The highest BCUT2D eigenvalue weighted by molar-refractivity contribution is 6.00. The van der Waals surface area contributed by atoms with Crippen LogP contribution >= 0.6 is 0 Å². The summed E-state index contributed by atoms with van der Waals surface area (Å²) in [5, 5.41) is 7.62. The molecule has 0 unspecified atom stereocenters. The van der Waals surface area contributed by atoms with E-state index in [1.165, 1.54) is 0 Å². The molecule has 2 amide bonds. The van der Waals surface area contributed by atoms with Crippen molar-refractivity contribution in [1.82, 2.24) is 15.7 Å². The van der Waals surface area contributed by atoms with Gasteiger partial charge in [-0.25, -0.2) is 5.43 Å². The summed E-state index contributed by atoms with van der Waals surface area (Å²) in [5.41, 5.74) is 6.25. The van der Waals surface area contributed by atoms with Gasteiger partial charge in [0.05, 0.1) is 19.2 Å². The lowest BCUT2D eigenvalue weighted by molar-refractivity contribution is -0.125. The maximum absolute atomic E-state index is 11.8. The van der Waals surface area contributed by atoms with Gasteiger partial charge in [-0.05, 0) is 18.6 Å². The van der Waals surface area contributed by atoms with Gasteiger partial charge in [0.1, 0.15) is 0 Å². The molecular weight excluding hydrogens is 328 g/mol. The Kier molecular flexibility index (Phi) is 5.43. The van der Waals surface area contributed by atoms with E-state index in [2.05, 4.69) is 20.8 Å². The number of hydrogen-bond donors (Lipinski definition) is 3. The van der Waals surface area contributed by atoms with Crippen molar-refractivity contribution in [2.75, 3.05) is 6.54 Å². The number of hydrazone groups is 1. The van der Waals surface area contributed by atoms with Crippen LogP contribution in [-0.2, 0) is 16.0 Å². The Bertz CT molecular complexity index is 945. The van der Waals surface area contributed by atoms with E-state index >= 15 is 0 Å². The predicted octanol–water partition coefficient (Wildman–Crippen LogP) is 2.29. The SMILES string of the molecule is Cc1[nH]c2ccccc2c1/C=N\NC(=O)CNC(=O)Cc1ccccc1. The van der Waals surface area contributed by atoms with Crippen LogP contribution in [0.1, 0.15) is 16.8 Å². The molecule has 0 aliphatic rings. The summed E-state index contributed by atoms with van der Waals surface area (Å²) in [5.74, 6) is -0.581. The van der Waals surface area contributed by atoms with Crippen LogP contribution in [0.3, 0.4) is 0 Å². The Morgan fingerprint density at radius 3 is 2.58 bits per heavy atom. The molecule has 0 spiro atoms. The lowest BCUT2D eigenvalue weighted by atomic mass is 10.1. The lowest BCUT2D eigenvalue weighted by Gasteiger charge is -2.04. The van der Waals surface area contributed by atoms with E-state index in [-0.39, 0.29) is 24.8 Å². The molecule has 0 aliphatic carbocycles. The number of rotatable bonds is 6. The van der Waals surface area contributed by atoms with Crippen molar-refractivity contribution in [2.45, 2.75) is 13.3 Å². The molecule has 3 aromatic rings. The first-order chi connectivity index (χ1) is 12.6. The van der Waals surface area contributed by atoms with Crippen molar-refractivity contribution >= 4 is 28.9 Å². The van der Waals surface area contributed by atoms with Crippen LogP contribution in [0.4, 0.5) is 0 Å². The van der Waals surface area contributed by atoms with Gasteiger partial charge in [-0.2, -0.15) is 5.10 Å². The largest absolute Gasteiger partial charge is 0.358 e. The number of amides is 2. The van der Waals surface area contributed by atoms with Crippen molar-refractivity contribution in [1.29, 1.82) is 0 Å². The van der Waals surface area contributed by atoms with Gasteiger partial charge in [0.15, 0.2) is 0 Å². The summed E-state index contributed by atoms with van der Waals surface area (Å²) < 4.78 is 0. The molecule has 3 N–H and O–H groups in total. The van der Waals surface area contributed by atoms with Gasteiger partial charge in [0.2, 0.25) is 5.91 Å². The van der Waals surface area contributed by atoms with Crippen LogP contribution in [0.25, 0.3) is 10.9 Å². The van der Waals surface area contributed by atoms with Crippen LogP contribution in [0.15, 0.2) is 59.7 Å². The van der Waals surface area contributed by atoms with E-state index in [0.717, 1.165) is 27.7 Å². The maximum Gasteiger partial charge on any atom is 0.259 e. The Morgan fingerprint density at radius 1 is 1.04 bits per heavy atom. The molecule has 0 saturated carbocycles. The summed E-state index contributed by atoms with van der Waals surface area (Å²) in [6, 6.07) is 17.3. The third-order valence-corrected chi connectivity index (χ3v) is 3.98. The normalized spacial score (nSPS) is 11.0. The van der Waals surface area contributed by atoms with Crippen LogP contribution < -0.4 is 10.7 Å². The quantitative estimate of drug-likeness (QED) is 0.471. The molecule has 1 heterocycles. The summed E-state index contributed by atoms with van der Waals surface area (Å²) in [6.07, 6.45) is 1.85. The number of aromatic amines is 1. The van der Waals surface area contributed by atoms with Crippen molar-refractivity contribution in [3.05, 3.63) is 71.4 Å². The van der Waals surface area contributed by atoms with Gasteiger partial charge in [-0.1, -0.05) is 48.5 Å². The molecule has 2 aromatic carbocycles. The van der Waals surface area contributed by atoms with Gasteiger partial charge in [0, 0.05) is 22.2 Å². The summed E-state index contributed by atoms with van der Waals surface area (Å²) in [6.45, 7) is 1.84. The number of aryl methyl sites for hydroxylation is 1. The number of carbonyl (C=O) groups is 2. The first-order valence-electron chi connectivity index (χ1n) is 8.33. The topological polar surface area (TPSA) is 86.3 Å². The predicted molar refractivity (Wildman–Crippen MR) is 102 cm³/mol. The fraction of sp³-hybridized carbons (Fsp3) is 0.150.